The van der Waals surface area contributed by atoms with Crippen LogP contribution in [0.5, 0.6) is 23.0 Å². The first kappa shape index (κ1) is 26.8. The summed E-state index contributed by atoms with van der Waals surface area (Å²) in [7, 11) is 0. The van der Waals surface area contributed by atoms with Crippen molar-refractivity contribution in [1.29, 1.82) is 0 Å². The molecule has 0 unspecified atom stereocenters. The molecule has 2 aliphatic carbocycles. The first-order chi connectivity index (χ1) is 19.5. The van der Waals surface area contributed by atoms with E-state index in [1.807, 2.05) is 0 Å². The third-order valence-corrected chi connectivity index (χ3v) is 6.70. The smallest absolute Gasteiger partial charge is 0.335 e. The Hall–Kier alpha value is -5.81. The van der Waals surface area contributed by atoms with Crippen molar-refractivity contribution in [3.8, 4) is 23.0 Å². The number of fused-ring (bicyclic) bond motifs is 4. The molecule has 0 fully saturated rings. The highest BCUT2D eigenvalue weighted by Crippen LogP contribution is 2.38. The molecule has 0 heterocycles. The van der Waals surface area contributed by atoms with E-state index >= 15 is 0 Å². The number of rotatable bonds is 2. The molecule has 4 aromatic carbocycles. The lowest BCUT2D eigenvalue weighted by Gasteiger charge is -2.19. The standard InChI is InChI=1S/C15H8O6.C15H10O5/c16-9-3-1-2-7-11(9)14(19)12-8(13(7)18)4-6(15(20)21)5-10(12)17;16-6-7-4-9-13(11(18)5-7)15(20)12-8(14(9)19)2-1-3-10(12)17/h1-5,16-17H,(H,20,21);1-5,16-18H,6H2. The number of carboxylic acids is 1. The number of phenolic OH excluding ortho intramolecular Hbond substituents is 4. The average Bonchev–Trinajstić information content (AvgIpc) is 2.93. The normalized spacial score (nSPS) is 12.9. The molecule has 0 atom stereocenters. The maximum Gasteiger partial charge on any atom is 0.335 e. The number of aromatic carboxylic acids is 1. The maximum absolute atomic E-state index is 12.4. The van der Waals surface area contributed by atoms with Crippen LogP contribution in [0.15, 0.2) is 60.7 Å². The van der Waals surface area contributed by atoms with Gasteiger partial charge in [-0.3, -0.25) is 19.2 Å². The Morgan fingerprint density at radius 2 is 0.976 bits per heavy atom. The summed E-state index contributed by atoms with van der Waals surface area (Å²) in [6, 6.07) is 12.8. The molecule has 11 heteroatoms. The van der Waals surface area contributed by atoms with Gasteiger partial charge in [-0.2, -0.15) is 0 Å². The minimum atomic E-state index is -1.32. The Balaban J connectivity index is 0.000000165. The second-order valence-electron chi connectivity index (χ2n) is 9.13. The molecule has 0 aliphatic heterocycles. The summed E-state index contributed by atoms with van der Waals surface area (Å²) < 4.78 is 0. The van der Waals surface area contributed by atoms with E-state index < -0.39 is 34.9 Å². The van der Waals surface area contributed by atoms with Crippen LogP contribution in [-0.4, -0.2) is 59.7 Å². The van der Waals surface area contributed by atoms with Crippen LogP contribution in [0.1, 0.15) is 79.6 Å². The molecule has 0 spiro atoms. The fourth-order valence-electron chi connectivity index (χ4n) is 4.84. The largest absolute Gasteiger partial charge is 0.507 e. The molecule has 41 heavy (non-hydrogen) atoms. The number of carbonyl (C=O) groups excluding carboxylic acids is 4. The van der Waals surface area contributed by atoms with Gasteiger partial charge in [0.1, 0.15) is 23.0 Å². The van der Waals surface area contributed by atoms with Crippen LogP contribution in [0.25, 0.3) is 0 Å². The number of hydrogen-bond acceptors (Lipinski definition) is 10. The molecule has 11 nitrogen and oxygen atoms in total. The van der Waals surface area contributed by atoms with Crippen molar-refractivity contribution in [2.45, 2.75) is 6.61 Å². The topological polar surface area (TPSA) is 207 Å². The third kappa shape index (κ3) is 4.17. The molecule has 0 aromatic heterocycles. The summed E-state index contributed by atoms with van der Waals surface area (Å²) in [5.41, 5.74) is -0.744. The number of phenols is 4. The van der Waals surface area contributed by atoms with Crippen LogP contribution in [-0.2, 0) is 6.61 Å². The van der Waals surface area contributed by atoms with Gasteiger partial charge in [0.25, 0.3) is 0 Å². The Labute approximate surface area is 229 Å². The second kappa shape index (κ2) is 9.74. The average molecular weight is 554 g/mol. The Morgan fingerprint density at radius 3 is 1.44 bits per heavy atom. The molecule has 2 aliphatic rings. The predicted molar refractivity (Wildman–Crippen MR) is 139 cm³/mol. The summed E-state index contributed by atoms with van der Waals surface area (Å²) >= 11 is 0. The number of hydrogen-bond donors (Lipinski definition) is 6. The van der Waals surface area contributed by atoms with Gasteiger partial charge in [0.2, 0.25) is 11.6 Å². The van der Waals surface area contributed by atoms with Gasteiger partial charge in [0, 0.05) is 22.3 Å². The molecule has 0 amide bonds. The van der Waals surface area contributed by atoms with Crippen molar-refractivity contribution in [3.05, 3.63) is 116 Å². The summed E-state index contributed by atoms with van der Waals surface area (Å²) in [4.78, 5) is 60.4. The Kier molecular flexibility index (Phi) is 6.36. The van der Waals surface area contributed by atoms with Crippen LogP contribution >= 0.6 is 0 Å². The van der Waals surface area contributed by atoms with E-state index in [2.05, 4.69) is 0 Å². The van der Waals surface area contributed by atoms with Crippen molar-refractivity contribution in [3.63, 3.8) is 0 Å². The van der Waals surface area contributed by atoms with Crippen LogP contribution < -0.4 is 0 Å². The van der Waals surface area contributed by atoms with Crippen molar-refractivity contribution in [2.75, 3.05) is 0 Å². The van der Waals surface area contributed by atoms with E-state index in [1.54, 1.807) is 0 Å². The number of aliphatic hydroxyl groups excluding tert-OH is 1. The number of benzene rings is 4. The van der Waals surface area contributed by atoms with Gasteiger partial charge in [-0.1, -0.05) is 24.3 Å². The van der Waals surface area contributed by atoms with E-state index in [0.717, 1.165) is 12.1 Å². The number of carboxylic acid groups (broad SMARTS) is 1. The first-order valence-electron chi connectivity index (χ1n) is 11.9. The van der Waals surface area contributed by atoms with Gasteiger partial charge in [-0.15, -0.1) is 0 Å². The van der Waals surface area contributed by atoms with E-state index in [4.69, 9.17) is 10.2 Å². The fraction of sp³-hybridized carbons (Fsp3) is 0.0333. The third-order valence-electron chi connectivity index (χ3n) is 6.70. The summed E-state index contributed by atoms with van der Waals surface area (Å²) in [6.07, 6.45) is 0. The van der Waals surface area contributed by atoms with Crippen molar-refractivity contribution >= 4 is 29.1 Å². The highest BCUT2D eigenvalue weighted by molar-refractivity contribution is 6.31. The van der Waals surface area contributed by atoms with Crippen LogP contribution in [0.2, 0.25) is 0 Å². The molecule has 0 saturated heterocycles. The Morgan fingerprint density at radius 1 is 0.537 bits per heavy atom. The number of aliphatic hydroxyl groups is 1. The number of ketones is 4. The first-order valence-corrected chi connectivity index (χ1v) is 11.9. The van der Waals surface area contributed by atoms with Gasteiger partial charge < -0.3 is 30.6 Å². The molecule has 4 aromatic rings. The predicted octanol–water partition coefficient (Wildman–Crippen LogP) is 2.94. The van der Waals surface area contributed by atoms with E-state index in [0.29, 0.717) is 5.56 Å². The van der Waals surface area contributed by atoms with Gasteiger partial charge in [-0.05, 0) is 42.0 Å². The van der Waals surface area contributed by atoms with E-state index in [1.165, 1.54) is 48.5 Å². The van der Waals surface area contributed by atoms with E-state index in [9.17, 15) is 44.4 Å². The zero-order valence-electron chi connectivity index (χ0n) is 20.7. The monoisotopic (exact) mass is 554 g/mol. The molecular weight excluding hydrogens is 536 g/mol. The van der Waals surface area contributed by atoms with Gasteiger partial charge in [-0.25, -0.2) is 4.79 Å². The van der Waals surface area contributed by atoms with E-state index in [-0.39, 0.29) is 73.9 Å². The van der Waals surface area contributed by atoms with Gasteiger partial charge in [0.15, 0.2) is 11.6 Å². The van der Waals surface area contributed by atoms with Crippen LogP contribution in [0.4, 0.5) is 0 Å². The fourth-order valence-corrected chi connectivity index (χ4v) is 4.84. The summed E-state index contributed by atoms with van der Waals surface area (Å²) in [5.74, 6) is -5.35. The SMILES string of the molecule is O=C(O)c1cc(O)c2c(c1)C(=O)c1cccc(O)c1C2=O.O=C1c2cccc(O)c2C(=O)c2c(O)cc(CO)cc21. The lowest BCUT2D eigenvalue weighted by molar-refractivity contribution is 0.0695. The zero-order chi connectivity index (χ0) is 29.7. The van der Waals surface area contributed by atoms with Gasteiger partial charge in [0.05, 0.1) is 34.4 Å². The van der Waals surface area contributed by atoms with Crippen LogP contribution in [0.3, 0.4) is 0 Å². The lowest BCUT2D eigenvalue weighted by atomic mass is 9.82. The highest BCUT2D eigenvalue weighted by Gasteiger charge is 2.36. The minimum absolute atomic E-state index is 0.0190. The quantitative estimate of drug-likeness (QED) is 0.183. The minimum Gasteiger partial charge on any atom is -0.507 e. The molecule has 6 N–H and O–H groups in total. The van der Waals surface area contributed by atoms with Crippen LogP contribution in [0, 0.1) is 0 Å². The molecule has 0 bridgehead atoms. The molecular formula is C30H18O11. The highest BCUT2D eigenvalue weighted by atomic mass is 16.4. The Bertz CT molecular complexity index is 1870. The number of aromatic hydroxyl groups is 4. The second-order valence-corrected chi connectivity index (χ2v) is 9.13. The number of carbonyl (C=O) groups is 5. The van der Waals surface area contributed by atoms with Gasteiger partial charge >= 0.3 is 5.97 Å². The van der Waals surface area contributed by atoms with Crippen molar-refractivity contribution < 1.29 is 54.6 Å². The summed E-state index contributed by atoms with van der Waals surface area (Å²) in [6.45, 7) is -0.352. The molecule has 204 valence electrons. The zero-order valence-corrected chi connectivity index (χ0v) is 20.7. The summed E-state index contributed by atoms with van der Waals surface area (Å²) in [5, 5.41) is 57.4. The van der Waals surface area contributed by atoms with Crippen molar-refractivity contribution in [1.82, 2.24) is 0 Å². The van der Waals surface area contributed by atoms with Crippen molar-refractivity contribution in [2.24, 2.45) is 0 Å². The maximum atomic E-state index is 12.4. The lowest BCUT2D eigenvalue weighted by Crippen LogP contribution is -2.22. The molecule has 0 saturated carbocycles. The molecule has 0 radical (unpaired) electrons. The molecule has 6 rings (SSSR count).